The summed E-state index contributed by atoms with van der Waals surface area (Å²) in [7, 11) is 0. The molecule has 4 rings (SSSR count). The third-order valence-electron chi connectivity index (χ3n) is 5.26. The molecule has 1 heterocycles. The molecule has 0 saturated heterocycles. The predicted molar refractivity (Wildman–Crippen MR) is 117 cm³/mol. The lowest BCUT2D eigenvalue weighted by molar-refractivity contribution is -0.121. The molecule has 1 aliphatic rings. The van der Waals surface area contributed by atoms with Gasteiger partial charge in [0, 0.05) is 5.56 Å². The van der Waals surface area contributed by atoms with Gasteiger partial charge < -0.3 is 15.0 Å². The van der Waals surface area contributed by atoms with Gasteiger partial charge in [-0.15, -0.1) is 0 Å². The van der Waals surface area contributed by atoms with Gasteiger partial charge in [0.25, 0.3) is 11.8 Å². The zero-order valence-electron chi connectivity index (χ0n) is 17.1. The van der Waals surface area contributed by atoms with Crippen LogP contribution in [-0.2, 0) is 11.3 Å². The Bertz CT molecular complexity index is 1060. The summed E-state index contributed by atoms with van der Waals surface area (Å²) in [5.74, 6) is 0.513. The monoisotopic (exact) mass is 400 g/mol. The first-order chi connectivity index (χ1) is 14.5. The molecule has 30 heavy (non-hydrogen) atoms. The Morgan fingerprint density at radius 2 is 1.80 bits per heavy atom. The molecule has 0 aliphatic carbocycles. The Morgan fingerprint density at radius 1 is 1.07 bits per heavy atom. The molecule has 0 bridgehead atoms. The van der Waals surface area contributed by atoms with Crippen molar-refractivity contribution >= 4 is 17.5 Å². The molecule has 2 amide bonds. The Morgan fingerprint density at radius 3 is 2.53 bits per heavy atom. The average Bonchev–Trinajstić information content (AvgIpc) is 2.77. The van der Waals surface area contributed by atoms with Gasteiger partial charge >= 0.3 is 0 Å². The van der Waals surface area contributed by atoms with Crippen LogP contribution in [0.25, 0.3) is 0 Å². The summed E-state index contributed by atoms with van der Waals surface area (Å²) in [6.45, 7) is 4.42. The van der Waals surface area contributed by atoms with Gasteiger partial charge in [-0.3, -0.25) is 9.59 Å². The van der Waals surface area contributed by atoms with Gasteiger partial charge in [-0.1, -0.05) is 48.5 Å². The third-order valence-corrected chi connectivity index (χ3v) is 5.26. The summed E-state index contributed by atoms with van der Waals surface area (Å²) < 4.78 is 5.54. The normalized spacial score (nSPS) is 13.9. The lowest BCUT2D eigenvalue weighted by atomic mass is 10.1. The minimum atomic E-state index is -0.124. The van der Waals surface area contributed by atoms with Crippen molar-refractivity contribution in [3.8, 4) is 5.75 Å². The molecule has 0 radical (unpaired) electrons. The maximum absolute atomic E-state index is 12.6. The molecule has 1 aliphatic heterocycles. The number of amides is 2. The number of carbonyl (C=O) groups excluding carboxylic acids is 2. The number of benzene rings is 3. The number of nitrogens with one attached hydrogen (secondary N) is 1. The van der Waals surface area contributed by atoms with E-state index in [1.54, 1.807) is 17.0 Å². The molecule has 0 saturated carbocycles. The molecule has 152 valence electrons. The summed E-state index contributed by atoms with van der Waals surface area (Å²) in [6.07, 6.45) is 0. The van der Waals surface area contributed by atoms with Gasteiger partial charge in [0.1, 0.15) is 5.75 Å². The van der Waals surface area contributed by atoms with Crippen molar-refractivity contribution < 1.29 is 14.3 Å². The largest absolute Gasteiger partial charge is 0.482 e. The van der Waals surface area contributed by atoms with Crippen molar-refractivity contribution in [2.45, 2.75) is 26.4 Å². The van der Waals surface area contributed by atoms with Gasteiger partial charge in [0.15, 0.2) is 6.61 Å². The van der Waals surface area contributed by atoms with E-state index >= 15 is 0 Å². The first-order valence-electron chi connectivity index (χ1n) is 10.00. The molecular formula is C25H24N2O3. The van der Waals surface area contributed by atoms with Gasteiger partial charge in [-0.25, -0.2) is 0 Å². The molecule has 5 heteroatoms. The van der Waals surface area contributed by atoms with Crippen LogP contribution in [0.3, 0.4) is 0 Å². The second-order valence-electron chi connectivity index (χ2n) is 7.54. The lowest BCUT2D eigenvalue weighted by Crippen LogP contribution is -2.38. The smallest absolute Gasteiger partial charge is 0.265 e. The van der Waals surface area contributed by atoms with Crippen molar-refractivity contribution in [1.82, 2.24) is 5.32 Å². The topological polar surface area (TPSA) is 58.6 Å². The van der Waals surface area contributed by atoms with Gasteiger partial charge in [0.05, 0.1) is 18.3 Å². The van der Waals surface area contributed by atoms with Crippen molar-refractivity contribution in [2.75, 3.05) is 11.5 Å². The van der Waals surface area contributed by atoms with E-state index in [0.717, 1.165) is 22.4 Å². The Labute approximate surface area is 176 Å². The average molecular weight is 400 g/mol. The van der Waals surface area contributed by atoms with Gasteiger partial charge in [-0.2, -0.15) is 0 Å². The molecule has 0 fully saturated rings. The fourth-order valence-electron chi connectivity index (χ4n) is 3.53. The van der Waals surface area contributed by atoms with Crippen molar-refractivity contribution in [2.24, 2.45) is 0 Å². The highest BCUT2D eigenvalue weighted by atomic mass is 16.5. The highest BCUT2D eigenvalue weighted by Crippen LogP contribution is 2.33. The third kappa shape index (κ3) is 4.20. The number of hydrogen-bond donors (Lipinski definition) is 1. The van der Waals surface area contributed by atoms with Crippen LogP contribution >= 0.6 is 0 Å². The van der Waals surface area contributed by atoms with Crippen LogP contribution in [0.4, 0.5) is 5.69 Å². The first-order valence-corrected chi connectivity index (χ1v) is 10.00. The van der Waals surface area contributed by atoms with E-state index in [1.807, 2.05) is 74.5 Å². The van der Waals surface area contributed by atoms with E-state index in [-0.39, 0.29) is 24.5 Å². The van der Waals surface area contributed by atoms with Crippen LogP contribution in [0.1, 0.15) is 40.0 Å². The Kier molecular flexibility index (Phi) is 5.53. The SMILES string of the molecule is Cc1ccc2c(c1)N(Cc1ccc(C(=O)N[C@@H](C)c3ccccc3)cc1)C(=O)CO2. The summed E-state index contributed by atoms with van der Waals surface area (Å²) in [6, 6.07) is 23.0. The van der Waals surface area contributed by atoms with Crippen LogP contribution < -0.4 is 15.0 Å². The maximum atomic E-state index is 12.6. The highest BCUT2D eigenvalue weighted by Gasteiger charge is 2.25. The number of fused-ring (bicyclic) bond motifs is 1. The Balaban J connectivity index is 1.46. The number of carbonyl (C=O) groups is 2. The van der Waals surface area contributed by atoms with Crippen molar-refractivity contribution in [1.29, 1.82) is 0 Å². The summed E-state index contributed by atoms with van der Waals surface area (Å²) in [5, 5.41) is 3.02. The molecule has 0 unspecified atom stereocenters. The fourth-order valence-corrected chi connectivity index (χ4v) is 3.53. The van der Waals surface area contributed by atoms with Crippen LogP contribution in [0.5, 0.6) is 5.75 Å². The summed E-state index contributed by atoms with van der Waals surface area (Å²) in [5.41, 5.74) is 4.44. The number of hydrogen-bond acceptors (Lipinski definition) is 3. The van der Waals surface area contributed by atoms with E-state index in [1.165, 1.54) is 0 Å². The number of anilines is 1. The number of aryl methyl sites for hydroxylation is 1. The highest BCUT2D eigenvalue weighted by molar-refractivity contribution is 5.98. The number of ether oxygens (including phenoxy) is 1. The zero-order valence-corrected chi connectivity index (χ0v) is 17.1. The second kappa shape index (κ2) is 8.41. The number of rotatable bonds is 5. The zero-order chi connectivity index (χ0) is 21.1. The van der Waals surface area contributed by atoms with Gasteiger partial charge in [0.2, 0.25) is 0 Å². The quantitative estimate of drug-likeness (QED) is 0.690. The van der Waals surface area contributed by atoms with Crippen LogP contribution in [0.15, 0.2) is 72.8 Å². The van der Waals surface area contributed by atoms with Crippen LogP contribution in [0.2, 0.25) is 0 Å². The van der Waals surface area contributed by atoms with E-state index in [0.29, 0.717) is 17.9 Å². The molecule has 5 nitrogen and oxygen atoms in total. The summed E-state index contributed by atoms with van der Waals surface area (Å²) >= 11 is 0. The summed E-state index contributed by atoms with van der Waals surface area (Å²) in [4.78, 5) is 26.8. The molecule has 0 spiro atoms. The minimum absolute atomic E-state index is 0.0356. The number of nitrogens with zero attached hydrogens (tertiary/aromatic N) is 1. The second-order valence-corrected chi connectivity index (χ2v) is 7.54. The predicted octanol–water partition coefficient (Wildman–Crippen LogP) is 4.41. The van der Waals surface area contributed by atoms with E-state index in [2.05, 4.69) is 5.32 Å². The van der Waals surface area contributed by atoms with Crippen molar-refractivity contribution in [3.05, 3.63) is 95.1 Å². The molecule has 1 atom stereocenters. The molecule has 1 N–H and O–H groups in total. The molecular weight excluding hydrogens is 376 g/mol. The van der Waals surface area contributed by atoms with Crippen LogP contribution in [0, 0.1) is 6.92 Å². The minimum Gasteiger partial charge on any atom is -0.482 e. The maximum Gasteiger partial charge on any atom is 0.265 e. The van der Waals surface area contributed by atoms with Gasteiger partial charge in [-0.05, 0) is 54.8 Å². The van der Waals surface area contributed by atoms with Crippen LogP contribution in [-0.4, -0.2) is 18.4 Å². The Hall–Kier alpha value is -3.60. The molecule has 0 aromatic heterocycles. The first kappa shape index (κ1) is 19.7. The lowest BCUT2D eigenvalue weighted by Gasteiger charge is -2.29. The van der Waals surface area contributed by atoms with E-state index in [4.69, 9.17) is 4.74 Å². The van der Waals surface area contributed by atoms with E-state index < -0.39 is 0 Å². The van der Waals surface area contributed by atoms with E-state index in [9.17, 15) is 9.59 Å². The van der Waals surface area contributed by atoms with Crippen molar-refractivity contribution in [3.63, 3.8) is 0 Å². The fraction of sp³-hybridized carbons (Fsp3) is 0.200. The standard InChI is InChI=1S/C25H24N2O3/c1-17-8-13-23-22(14-17)27(24(28)16-30-23)15-19-9-11-21(12-10-19)25(29)26-18(2)20-6-4-3-5-7-20/h3-14,18H,15-16H2,1-2H3,(H,26,29)/t18-/m0/s1. The molecule has 3 aromatic rings. The molecule has 3 aromatic carbocycles.